The summed E-state index contributed by atoms with van der Waals surface area (Å²) < 4.78 is 5.22. The Labute approximate surface area is 161 Å². The van der Waals surface area contributed by atoms with Gasteiger partial charge in [0.25, 0.3) is 0 Å². The summed E-state index contributed by atoms with van der Waals surface area (Å²) >= 11 is 1.72. The minimum absolute atomic E-state index is 0.0396. The third kappa shape index (κ3) is 6.75. The lowest BCUT2D eigenvalue weighted by atomic mass is 9.97. The molecule has 0 unspecified atom stereocenters. The lowest BCUT2D eigenvalue weighted by Crippen LogP contribution is -2.29. The van der Waals surface area contributed by atoms with E-state index in [2.05, 4.69) is 50.4 Å². The molecule has 0 saturated carbocycles. The molecule has 0 fully saturated rings. The Bertz CT molecular complexity index is 680. The average molecular weight is 372 g/mol. The number of aryl methyl sites for hydroxylation is 1. The van der Waals surface area contributed by atoms with E-state index in [0.717, 1.165) is 23.5 Å². The lowest BCUT2D eigenvalue weighted by molar-refractivity contribution is -0.121. The van der Waals surface area contributed by atoms with Gasteiger partial charge in [-0.2, -0.15) is 0 Å². The highest BCUT2D eigenvalue weighted by Crippen LogP contribution is 2.24. The number of thioether (sulfide) groups is 1. The van der Waals surface area contributed by atoms with Gasteiger partial charge < -0.3 is 10.1 Å². The highest BCUT2D eigenvalue weighted by Gasteiger charge is 2.16. The number of nitrogens with one attached hydrogen (secondary N) is 1. The second kappa shape index (κ2) is 10.3. The molecule has 1 amide bonds. The highest BCUT2D eigenvalue weighted by molar-refractivity contribution is 7.99. The highest BCUT2D eigenvalue weighted by atomic mass is 32.2. The molecule has 2 rings (SSSR count). The SMILES string of the molecule is COc1ccc([C@@H](CC(C)C)NC(=O)CCSc2ccc(C)cc2)cc1. The quantitative estimate of drug-likeness (QED) is 0.601. The number of methoxy groups -OCH3 is 1. The number of carbonyl (C=O) groups is 1. The van der Waals surface area contributed by atoms with Gasteiger partial charge in [0.05, 0.1) is 13.2 Å². The van der Waals surface area contributed by atoms with Gasteiger partial charge in [0.1, 0.15) is 5.75 Å². The minimum atomic E-state index is 0.0396. The molecule has 0 bridgehead atoms. The van der Waals surface area contributed by atoms with Gasteiger partial charge in [0, 0.05) is 17.1 Å². The van der Waals surface area contributed by atoms with Gasteiger partial charge in [-0.3, -0.25) is 4.79 Å². The van der Waals surface area contributed by atoms with Gasteiger partial charge in [-0.15, -0.1) is 11.8 Å². The first-order valence-electron chi connectivity index (χ1n) is 9.10. The fourth-order valence-corrected chi connectivity index (χ4v) is 3.60. The van der Waals surface area contributed by atoms with Gasteiger partial charge in [0.2, 0.25) is 5.91 Å². The van der Waals surface area contributed by atoms with E-state index in [1.54, 1.807) is 18.9 Å². The van der Waals surface area contributed by atoms with E-state index in [1.807, 2.05) is 24.3 Å². The first-order valence-corrected chi connectivity index (χ1v) is 10.1. The van der Waals surface area contributed by atoms with Crippen LogP contribution in [0, 0.1) is 12.8 Å². The zero-order chi connectivity index (χ0) is 18.9. The largest absolute Gasteiger partial charge is 0.497 e. The summed E-state index contributed by atoms with van der Waals surface area (Å²) in [6.45, 7) is 6.43. The van der Waals surface area contributed by atoms with Gasteiger partial charge in [-0.25, -0.2) is 0 Å². The van der Waals surface area contributed by atoms with Crippen molar-refractivity contribution >= 4 is 17.7 Å². The standard InChI is InChI=1S/C22H29NO2S/c1-16(2)15-21(18-7-9-19(25-4)10-8-18)23-22(24)13-14-26-20-11-5-17(3)6-12-20/h5-12,16,21H,13-15H2,1-4H3,(H,23,24)/t21-/m1/s1. The van der Waals surface area contributed by atoms with Crippen LogP contribution in [0.3, 0.4) is 0 Å². The van der Waals surface area contributed by atoms with E-state index in [-0.39, 0.29) is 11.9 Å². The molecular formula is C22H29NO2S. The van der Waals surface area contributed by atoms with Crippen molar-refractivity contribution in [1.29, 1.82) is 0 Å². The molecular weight excluding hydrogens is 342 g/mol. The number of hydrogen-bond donors (Lipinski definition) is 1. The van der Waals surface area contributed by atoms with E-state index in [1.165, 1.54) is 10.5 Å². The normalized spacial score (nSPS) is 12.0. The number of benzene rings is 2. The lowest BCUT2D eigenvalue weighted by Gasteiger charge is -2.21. The molecule has 0 aliphatic carbocycles. The smallest absolute Gasteiger partial charge is 0.221 e. The van der Waals surface area contributed by atoms with E-state index in [0.29, 0.717) is 12.3 Å². The van der Waals surface area contributed by atoms with Crippen LogP contribution in [0.5, 0.6) is 5.75 Å². The molecule has 2 aromatic rings. The van der Waals surface area contributed by atoms with Crippen molar-refractivity contribution in [2.75, 3.05) is 12.9 Å². The van der Waals surface area contributed by atoms with Crippen LogP contribution in [0.25, 0.3) is 0 Å². The number of hydrogen-bond acceptors (Lipinski definition) is 3. The Kier molecular flexibility index (Phi) is 8.05. The maximum absolute atomic E-state index is 12.4. The molecule has 1 atom stereocenters. The molecule has 3 nitrogen and oxygen atoms in total. The first-order chi connectivity index (χ1) is 12.5. The van der Waals surface area contributed by atoms with Gasteiger partial charge in [-0.1, -0.05) is 43.7 Å². The minimum Gasteiger partial charge on any atom is -0.497 e. The molecule has 0 aliphatic heterocycles. The first kappa shape index (κ1) is 20.4. The van der Waals surface area contributed by atoms with Crippen LogP contribution in [0.2, 0.25) is 0 Å². The van der Waals surface area contributed by atoms with E-state index in [4.69, 9.17) is 4.74 Å². The molecule has 26 heavy (non-hydrogen) atoms. The molecule has 0 saturated heterocycles. The summed E-state index contributed by atoms with van der Waals surface area (Å²) in [5.41, 5.74) is 2.38. The van der Waals surface area contributed by atoms with Crippen molar-refractivity contribution < 1.29 is 9.53 Å². The van der Waals surface area contributed by atoms with Gasteiger partial charge in [0.15, 0.2) is 0 Å². The van der Waals surface area contributed by atoms with Crippen LogP contribution in [-0.2, 0) is 4.79 Å². The zero-order valence-electron chi connectivity index (χ0n) is 16.1. The predicted molar refractivity (Wildman–Crippen MR) is 110 cm³/mol. The molecule has 0 aromatic heterocycles. The maximum atomic E-state index is 12.4. The van der Waals surface area contributed by atoms with Crippen LogP contribution in [-0.4, -0.2) is 18.8 Å². The summed E-state index contributed by atoms with van der Waals surface area (Å²) in [5.74, 6) is 2.22. The number of ether oxygens (including phenoxy) is 1. The fraction of sp³-hybridized carbons (Fsp3) is 0.409. The van der Waals surface area contributed by atoms with E-state index >= 15 is 0 Å². The van der Waals surface area contributed by atoms with Crippen molar-refractivity contribution in [3.05, 3.63) is 59.7 Å². The van der Waals surface area contributed by atoms with Crippen LogP contribution in [0.4, 0.5) is 0 Å². The molecule has 0 heterocycles. The monoisotopic (exact) mass is 371 g/mol. The summed E-state index contributed by atoms with van der Waals surface area (Å²) in [4.78, 5) is 13.6. The van der Waals surface area contributed by atoms with Crippen LogP contribution in [0.15, 0.2) is 53.4 Å². The Balaban J connectivity index is 1.89. The van der Waals surface area contributed by atoms with Crippen molar-refractivity contribution in [3.8, 4) is 5.75 Å². The van der Waals surface area contributed by atoms with Crippen molar-refractivity contribution in [2.45, 2.75) is 44.6 Å². The number of rotatable bonds is 9. The zero-order valence-corrected chi connectivity index (χ0v) is 16.9. The Morgan fingerprint density at radius 1 is 1.08 bits per heavy atom. The molecule has 1 N–H and O–H groups in total. The average Bonchev–Trinajstić information content (AvgIpc) is 2.62. The Hall–Kier alpha value is -1.94. The third-order valence-electron chi connectivity index (χ3n) is 4.18. The Morgan fingerprint density at radius 3 is 2.31 bits per heavy atom. The molecule has 2 aromatic carbocycles. The second-order valence-electron chi connectivity index (χ2n) is 6.93. The fourth-order valence-electron chi connectivity index (χ4n) is 2.75. The second-order valence-corrected chi connectivity index (χ2v) is 8.10. The number of carbonyl (C=O) groups excluding carboxylic acids is 1. The van der Waals surface area contributed by atoms with E-state index < -0.39 is 0 Å². The molecule has 0 radical (unpaired) electrons. The molecule has 0 aliphatic rings. The maximum Gasteiger partial charge on any atom is 0.221 e. The predicted octanol–water partition coefficient (Wildman–Crippen LogP) is 5.39. The van der Waals surface area contributed by atoms with Crippen molar-refractivity contribution in [3.63, 3.8) is 0 Å². The van der Waals surface area contributed by atoms with Crippen LogP contribution in [0.1, 0.15) is 43.9 Å². The third-order valence-corrected chi connectivity index (χ3v) is 5.19. The molecule has 4 heteroatoms. The van der Waals surface area contributed by atoms with Crippen LogP contribution < -0.4 is 10.1 Å². The van der Waals surface area contributed by atoms with Crippen LogP contribution >= 0.6 is 11.8 Å². The van der Waals surface area contributed by atoms with E-state index in [9.17, 15) is 4.79 Å². The summed E-state index contributed by atoms with van der Waals surface area (Å²) in [6, 6.07) is 16.4. The van der Waals surface area contributed by atoms with Gasteiger partial charge in [-0.05, 0) is 49.1 Å². The summed E-state index contributed by atoms with van der Waals surface area (Å²) in [7, 11) is 1.66. The molecule has 0 spiro atoms. The topological polar surface area (TPSA) is 38.3 Å². The van der Waals surface area contributed by atoms with Crippen molar-refractivity contribution in [2.24, 2.45) is 5.92 Å². The number of amides is 1. The van der Waals surface area contributed by atoms with Crippen molar-refractivity contribution in [1.82, 2.24) is 5.32 Å². The molecule has 140 valence electrons. The Morgan fingerprint density at radius 2 is 1.73 bits per heavy atom. The summed E-state index contributed by atoms with van der Waals surface area (Å²) in [5, 5.41) is 3.20. The summed E-state index contributed by atoms with van der Waals surface area (Å²) in [6.07, 6.45) is 1.44. The van der Waals surface area contributed by atoms with Gasteiger partial charge >= 0.3 is 0 Å².